The molecule has 50 valence electrons. The number of esters is 1. The van der Waals surface area contributed by atoms with Crippen LogP contribution in [0, 0.1) is 0 Å². The van der Waals surface area contributed by atoms with Crippen molar-refractivity contribution in [1.82, 2.24) is 0 Å². The van der Waals surface area contributed by atoms with Gasteiger partial charge >= 0.3 is 5.97 Å². The van der Waals surface area contributed by atoms with Gasteiger partial charge in [-0.3, -0.25) is 4.79 Å². The van der Waals surface area contributed by atoms with E-state index in [-0.39, 0.29) is 0 Å². The molecule has 0 aliphatic heterocycles. The third-order valence-electron chi connectivity index (χ3n) is 0.532. The highest BCUT2D eigenvalue weighted by Gasteiger charge is 1.87. The Hall–Kier alpha value is -0.760. The fraction of sp³-hybridized carbons (Fsp3) is 0.167. The fourth-order valence-electron chi connectivity index (χ4n) is 0.187. The Morgan fingerprint density at radius 1 is 1.78 bits per heavy atom. The molecule has 0 atom stereocenters. The van der Waals surface area contributed by atoms with Crippen molar-refractivity contribution in [2.24, 2.45) is 0 Å². The minimum absolute atomic E-state index is 0.310. The van der Waals surface area contributed by atoms with Crippen LogP contribution in [0.4, 0.5) is 0 Å². The molecule has 3 heteroatoms. The normalized spacial score (nSPS) is 10.7. The molecule has 0 radical (unpaired) electrons. The summed E-state index contributed by atoms with van der Waals surface area (Å²) in [6, 6.07) is 0. The van der Waals surface area contributed by atoms with Crippen LogP contribution in [0.15, 0.2) is 23.9 Å². The first-order chi connectivity index (χ1) is 4.16. The van der Waals surface area contributed by atoms with Crippen molar-refractivity contribution in [1.29, 1.82) is 0 Å². The molecule has 0 N–H and O–H groups in total. The molecular formula is C6H7ClO2. The summed E-state index contributed by atoms with van der Waals surface area (Å²) in [6.45, 7) is 4.64. The lowest BCUT2D eigenvalue weighted by molar-refractivity contribution is -0.135. The quantitative estimate of drug-likeness (QED) is 0.338. The zero-order valence-electron chi connectivity index (χ0n) is 5.06. The molecule has 0 aliphatic rings. The van der Waals surface area contributed by atoms with Crippen molar-refractivity contribution in [3.8, 4) is 0 Å². The lowest BCUT2D eigenvalue weighted by Crippen LogP contribution is -1.89. The van der Waals surface area contributed by atoms with Gasteiger partial charge in [0.05, 0.1) is 5.03 Å². The summed E-state index contributed by atoms with van der Waals surface area (Å²) in [6.07, 6.45) is 2.52. The van der Waals surface area contributed by atoms with E-state index < -0.39 is 5.97 Å². The second kappa shape index (κ2) is 4.15. The van der Waals surface area contributed by atoms with Gasteiger partial charge in [0.25, 0.3) is 0 Å². The highest BCUT2D eigenvalue weighted by molar-refractivity contribution is 6.31. The molecule has 0 unspecified atom stereocenters. The lowest BCUT2D eigenvalue weighted by atomic mass is 10.6. The molecule has 0 amide bonds. The van der Waals surface area contributed by atoms with E-state index in [2.05, 4.69) is 11.3 Å². The smallest absolute Gasteiger partial charge is 0.307 e. The van der Waals surface area contributed by atoms with E-state index in [1.165, 1.54) is 13.0 Å². The zero-order chi connectivity index (χ0) is 7.28. The third-order valence-corrected chi connectivity index (χ3v) is 0.776. The van der Waals surface area contributed by atoms with Gasteiger partial charge in [-0.2, -0.15) is 0 Å². The Bertz CT molecular complexity index is 149. The maximum absolute atomic E-state index is 10.1. The van der Waals surface area contributed by atoms with Crippen LogP contribution >= 0.6 is 11.6 Å². The molecule has 0 aliphatic carbocycles. The van der Waals surface area contributed by atoms with Crippen LogP contribution in [-0.2, 0) is 9.53 Å². The number of ether oxygens (including phenoxy) is 1. The largest absolute Gasteiger partial charge is 0.433 e. The van der Waals surface area contributed by atoms with E-state index in [1.807, 2.05) is 0 Å². The van der Waals surface area contributed by atoms with Crippen LogP contribution in [0.2, 0.25) is 0 Å². The Morgan fingerprint density at radius 3 is 2.67 bits per heavy atom. The lowest BCUT2D eigenvalue weighted by Gasteiger charge is -1.89. The molecule has 0 saturated heterocycles. The predicted molar refractivity (Wildman–Crippen MR) is 35.9 cm³/mol. The molecule has 0 aromatic rings. The van der Waals surface area contributed by atoms with Crippen LogP contribution in [0.3, 0.4) is 0 Å². The van der Waals surface area contributed by atoms with Gasteiger partial charge in [0.15, 0.2) is 0 Å². The highest BCUT2D eigenvalue weighted by atomic mass is 35.5. The van der Waals surface area contributed by atoms with E-state index in [1.54, 1.807) is 0 Å². The summed E-state index contributed by atoms with van der Waals surface area (Å²) in [4.78, 5) is 10.1. The van der Waals surface area contributed by atoms with Crippen molar-refractivity contribution in [2.75, 3.05) is 0 Å². The minimum Gasteiger partial charge on any atom is -0.433 e. The molecule has 2 nitrogen and oxygen atoms in total. The average Bonchev–Trinajstić information content (AvgIpc) is 1.83. The zero-order valence-corrected chi connectivity index (χ0v) is 5.81. The van der Waals surface area contributed by atoms with E-state index >= 15 is 0 Å². The van der Waals surface area contributed by atoms with Gasteiger partial charge in [0, 0.05) is 6.92 Å². The van der Waals surface area contributed by atoms with E-state index in [4.69, 9.17) is 11.6 Å². The number of carbonyl (C=O) groups excluding carboxylic acids is 1. The summed E-state index contributed by atoms with van der Waals surface area (Å²) in [5, 5.41) is 0.310. The van der Waals surface area contributed by atoms with Crippen molar-refractivity contribution >= 4 is 17.6 Å². The average molecular weight is 147 g/mol. The second-order valence-corrected chi connectivity index (χ2v) is 1.75. The van der Waals surface area contributed by atoms with Crippen LogP contribution < -0.4 is 0 Å². The van der Waals surface area contributed by atoms with Gasteiger partial charge < -0.3 is 4.74 Å². The Morgan fingerprint density at radius 2 is 2.33 bits per heavy atom. The summed E-state index contributed by atoms with van der Waals surface area (Å²) in [5.74, 6) is -0.394. The minimum atomic E-state index is -0.394. The molecule has 0 aromatic heterocycles. The maximum atomic E-state index is 10.1. The number of hydrogen-bond acceptors (Lipinski definition) is 2. The van der Waals surface area contributed by atoms with Crippen molar-refractivity contribution < 1.29 is 9.53 Å². The van der Waals surface area contributed by atoms with E-state index in [0.717, 1.165) is 6.26 Å². The molecule has 9 heavy (non-hydrogen) atoms. The van der Waals surface area contributed by atoms with Crippen LogP contribution in [0.1, 0.15) is 6.92 Å². The van der Waals surface area contributed by atoms with Crippen molar-refractivity contribution in [3.63, 3.8) is 0 Å². The molecule has 0 spiro atoms. The predicted octanol–water partition coefficient (Wildman–Crippen LogP) is 1.82. The molecule has 0 heterocycles. The molecule has 0 bridgehead atoms. The summed E-state index contributed by atoms with van der Waals surface area (Å²) >= 11 is 5.38. The monoisotopic (exact) mass is 146 g/mol. The van der Waals surface area contributed by atoms with Gasteiger partial charge in [-0.1, -0.05) is 18.2 Å². The molecule has 0 fully saturated rings. The molecular weight excluding hydrogens is 140 g/mol. The number of carbonyl (C=O) groups is 1. The van der Waals surface area contributed by atoms with Gasteiger partial charge in [0.1, 0.15) is 6.26 Å². The standard InChI is InChI=1S/C6H7ClO2/c1-3-6(7)4-9-5(2)8/h3-4H,1H2,2H3/b6-4-. The van der Waals surface area contributed by atoms with Crippen LogP contribution in [0.25, 0.3) is 0 Å². The SMILES string of the molecule is C=C/C(Cl)=C/OC(C)=O. The summed E-state index contributed by atoms with van der Waals surface area (Å²) in [7, 11) is 0. The molecule has 0 aromatic carbocycles. The first-order valence-electron chi connectivity index (χ1n) is 2.32. The Kier molecular flexibility index (Phi) is 3.80. The van der Waals surface area contributed by atoms with Crippen LogP contribution in [-0.4, -0.2) is 5.97 Å². The Labute approximate surface area is 58.8 Å². The number of hydrogen-bond donors (Lipinski definition) is 0. The Balaban J connectivity index is 3.69. The number of rotatable bonds is 2. The highest BCUT2D eigenvalue weighted by Crippen LogP contribution is 2.00. The van der Waals surface area contributed by atoms with Crippen molar-refractivity contribution in [2.45, 2.75) is 6.92 Å². The number of halogens is 1. The van der Waals surface area contributed by atoms with E-state index in [0.29, 0.717) is 5.03 Å². The van der Waals surface area contributed by atoms with E-state index in [9.17, 15) is 4.79 Å². The fourth-order valence-corrected chi connectivity index (χ4v) is 0.232. The van der Waals surface area contributed by atoms with Gasteiger partial charge in [0.2, 0.25) is 0 Å². The second-order valence-electron chi connectivity index (χ2n) is 1.32. The van der Waals surface area contributed by atoms with Gasteiger partial charge in [-0.05, 0) is 6.08 Å². The number of allylic oxidation sites excluding steroid dienone is 2. The molecule has 0 saturated carbocycles. The third kappa shape index (κ3) is 5.11. The maximum Gasteiger partial charge on any atom is 0.307 e. The summed E-state index contributed by atoms with van der Waals surface area (Å²) < 4.78 is 4.39. The summed E-state index contributed by atoms with van der Waals surface area (Å²) in [5.41, 5.74) is 0. The molecule has 0 rings (SSSR count). The van der Waals surface area contributed by atoms with Gasteiger partial charge in [-0.15, -0.1) is 0 Å². The topological polar surface area (TPSA) is 26.3 Å². The van der Waals surface area contributed by atoms with Crippen molar-refractivity contribution in [3.05, 3.63) is 23.9 Å². The first-order valence-corrected chi connectivity index (χ1v) is 2.70. The van der Waals surface area contributed by atoms with Crippen LogP contribution in [0.5, 0.6) is 0 Å². The van der Waals surface area contributed by atoms with Gasteiger partial charge in [-0.25, -0.2) is 0 Å². The first kappa shape index (κ1) is 8.24.